The smallest absolute Gasteiger partial charge is 0.408 e. The van der Waals surface area contributed by atoms with Crippen LogP contribution in [0.15, 0.2) is 24.3 Å². The van der Waals surface area contributed by atoms with E-state index < -0.39 is 23.8 Å². The molecule has 114 valence electrons. The second-order valence-corrected chi connectivity index (χ2v) is 6.14. The molecule has 0 unspecified atom stereocenters. The molecule has 5 heteroatoms. The minimum Gasteiger partial charge on any atom is -0.465 e. The Hall–Kier alpha value is -2.06. The predicted molar refractivity (Wildman–Crippen MR) is 79.9 cm³/mol. The van der Waals surface area contributed by atoms with Crippen LogP contribution in [0.25, 0.3) is 0 Å². The number of amides is 1. The van der Waals surface area contributed by atoms with Gasteiger partial charge in [-0.3, -0.25) is 4.90 Å². The summed E-state index contributed by atoms with van der Waals surface area (Å²) >= 11 is 0. The molecule has 0 saturated heterocycles. The number of carbonyl (C=O) groups is 1. The first-order chi connectivity index (χ1) is 9.66. The number of rotatable bonds is 4. The number of hydrogen-bond donors (Lipinski definition) is 2. The van der Waals surface area contributed by atoms with Crippen molar-refractivity contribution in [2.24, 2.45) is 0 Å². The first kappa shape index (κ1) is 17.0. The van der Waals surface area contributed by atoms with Crippen LogP contribution in [0.3, 0.4) is 0 Å². The Morgan fingerprint density at radius 1 is 1.33 bits per heavy atom. The van der Waals surface area contributed by atoms with Gasteiger partial charge in [0.15, 0.2) is 0 Å². The van der Waals surface area contributed by atoms with Crippen LogP contribution in [0.5, 0.6) is 0 Å². The maximum atomic E-state index is 11.6. The Morgan fingerprint density at radius 2 is 1.86 bits per heavy atom. The van der Waals surface area contributed by atoms with Gasteiger partial charge in [-0.25, -0.2) is 4.79 Å². The molecule has 2 atom stereocenters. The molecule has 0 aromatic heterocycles. The van der Waals surface area contributed by atoms with E-state index in [2.05, 4.69) is 0 Å². The zero-order valence-corrected chi connectivity index (χ0v) is 12.9. The third kappa shape index (κ3) is 4.47. The van der Waals surface area contributed by atoms with Crippen LogP contribution in [0, 0.1) is 11.3 Å². The number of nitriles is 1. The van der Waals surface area contributed by atoms with Crippen molar-refractivity contribution in [2.45, 2.75) is 51.8 Å². The van der Waals surface area contributed by atoms with Gasteiger partial charge in [-0.1, -0.05) is 12.1 Å². The average molecular weight is 290 g/mol. The second-order valence-electron chi connectivity index (χ2n) is 6.14. The van der Waals surface area contributed by atoms with Gasteiger partial charge in [0.25, 0.3) is 0 Å². The van der Waals surface area contributed by atoms with E-state index in [-0.39, 0.29) is 0 Å². The molecule has 1 amide bonds. The van der Waals surface area contributed by atoms with Gasteiger partial charge in [-0.15, -0.1) is 0 Å². The first-order valence-electron chi connectivity index (χ1n) is 6.86. The van der Waals surface area contributed by atoms with Crippen molar-refractivity contribution in [3.63, 3.8) is 0 Å². The van der Waals surface area contributed by atoms with Crippen LogP contribution < -0.4 is 0 Å². The monoisotopic (exact) mass is 290 g/mol. The van der Waals surface area contributed by atoms with Crippen LogP contribution in [0.2, 0.25) is 0 Å². The van der Waals surface area contributed by atoms with Crippen molar-refractivity contribution in [1.29, 1.82) is 5.26 Å². The van der Waals surface area contributed by atoms with Crippen LogP contribution in [0.1, 0.15) is 38.8 Å². The van der Waals surface area contributed by atoms with Gasteiger partial charge in [0.05, 0.1) is 23.8 Å². The molecular weight excluding hydrogens is 268 g/mol. The van der Waals surface area contributed by atoms with E-state index in [1.807, 2.05) is 6.07 Å². The molecule has 0 spiro atoms. The van der Waals surface area contributed by atoms with Crippen molar-refractivity contribution in [1.82, 2.24) is 4.90 Å². The number of nitrogens with zero attached hydrogens (tertiary/aromatic N) is 2. The summed E-state index contributed by atoms with van der Waals surface area (Å²) in [5.74, 6) is 0. The van der Waals surface area contributed by atoms with Gasteiger partial charge >= 0.3 is 6.09 Å². The molecule has 0 bridgehead atoms. The molecule has 1 aromatic carbocycles. The summed E-state index contributed by atoms with van der Waals surface area (Å²) < 4.78 is 0. The van der Waals surface area contributed by atoms with E-state index in [0.717, 1.165) is 5.56 Å². The van der Waals surface area contributed by atoms with Gasteiger partial charge in [-0.2, -0.15) is 5.26 Å². The molecule has 0 aliphatic heterocycles. The molecule has 2 N–H and O–H groups in total. The standard InChI is InChI=1S/C16H22N2O3/c1-11(19)14(18(15(20)21)16(2,3)4)9-12-5-7-13(10-17)8-6-12/h5-8,11,14,19H,9H2,1-4H3,(H,20,21)/t11-,14+/m0/s1. The van der Waals surface area contributed by atoms with Gasteiger partial charge in [0.1, 0.15) is 0 Å². The Morgan fingerprint density at radius 3 is 2.19 bits per heavy atom. The lowest BCUT2D eigenvalue weighted by atomic mass is 9.95. The van der Waals surface area contributed by atoms with Crippen molar-refractivity contribution in [3.05, 3.63) is 35.4 Å². The van der Waals surface area contributed by atoms with Crippen molar-refractivity contribution >= 4 is 6.09 Å². The third-order valence-electron chi connectivity index (χ3n) is 3.35. The molecule has 0 heterocycles. The van der Waals surface area contributed by atoms with Gasteiger partial charge in [0, 0.05) is 5.54 Å². The van der Waals surface area contributed by atoms with E-state index in [0.29, 0.717) is 12.0 Å². The highest BCUT2D eigenvalue weighted by Gasteiger charge is 2.35. The lowest BCUT2D eigenvalue weighted by Crippen LogP contribution is -2.55. The summed E-state index contributed by atoms with van der Waals surface area (Å²) in [4.78, 5) is 12.8. The van der Waals surface area contributed by atoms with E-state index in [4.69, 9.17) is 5.26 Å². The fourth-order valence-corrected chi connectivity index (χ4v) is 2.36. The van der Waals surface area contributed by atoms with Crippen molar-refractivity contribution in [2.75, 3.05) is 0 Å². The van der Waals surface area contributed by atoms with Gasteiger partial charge < -0.3 is 10.2 Å². The molecule has 0 aliphatic carbocycles. The van der Waals surface area contributed by atoms with E-state index in [1.165, 1.54) is 4.90 Å². The Bertz CT molecular complexity index is 524. The number of benzene rings is 1. The molecule has 21 heavy (non-hydrogen) atoms. The number of aliphatic hydroxyl groups excluding tert-OH is 1. The van der Waals surface area contributed by atoms with Crippen LogP contribution >= 0.6 is 0 Å². The number of carboxylic acid groups (broad SMARTS) is 1. The highest BCUT2D eigenvalue weighted by molar-refractivity contribution is 5.66. The van der Waals surface area contributed by atoms with Crippen LogP contribution in [-0.4, -0.2) is 38.9 Å². The fourth-order valence-electron chi connectivity index (χ4n) is 2.36. The predicted octanol–water partition coefficient (Wildman–Crippen LogP) is 2.63. The SMILES string of the molecule is C[C@H](O)[C@@H](Cc1ccc(C#N)cc1)N(C(=O)O)C(C)(C)C. The summed E-state index contributed by atoms with van der Waals surface area (Å²) in [6.07, 6.45) is -1.45. The fraction of sp³-hybridized carbons (Fsp3) is 0.500. The average Bonchev–Trinajstić information content (AvgIpc) is 2.36. The van der Waals surface area contributed by atoms with Gasteiger partial charge in [-0.05, 0) is 51.8 Å². The molecule has 1 aromatic rings. The van der Waals surface area contributed by atoms with Crippen LogP contribution in [-0.2, 0) is 6.42 Å². The molecule has 0 radical (unpaired) electrons. The molecule has 0 saturated carbocycles. The molecule has 5 nitrogen and oxygen atoms in total. The number of hydrogen-bond acceptors (Lipinski definition) is 3. The Balaban J connectivity index is 3.05. The zero-order valence-electron chi connectivity index (χ0n) is 12.9. The third-order valence-corrected chi connectivity index (χ3v) is 3.35. The Labute approximate surface area is 125 Å². The summed E-state index contributed by atoms with van der Waals surface area (Å²) in [7, 11) is 0. The largest absolute Gasteiger partial charge is 0.465 e. The Kier molecular flexibility index (Phi) is 5.34. The lowest BCUT2D eigenvalue weighted by Gasteiger charge is -2.41. The quantitative estimate of drug-likeness (QED) is 0.892. The molecule has 1 rings (SSSR count). The van der Waals surface area contributed by atoms with E-state index in [1.54, 1.807) is 52.0 Å². The zero-order chi connectivity index (χ0) is 16.2. The molecular formula is C16H22N2O3. The highest BCUT2D eigenvalue weighted by Crippen LogP contribution is 2.22. The van der Waals surface area contributed by atoms with Gasteiger partial charge in [0.2, 0.25) is 0 Å². The maximum absolute atomic E-state index is 11.6. The lowest BCUT2D eigenvalue weighted by molar-refractivity contribution is 0.0145. The molecule has 0 aliphatic rings. The number of aliphatic hydroxyl groups is 1. The molecule has 0 fully saturated rings. The second kappa shape index (κ2) is 6.59. The first-order valence-corrected chi connectivity index (χ1v) is 6.86. The van der Waals surface area contributed by atoms with Crippen molar-refractivity contribution < 1.29 is 15.0 Å². The highest BCUT2D eigenvalue weighted by atomic mass is 16.4. The summed E-state index contributed by atoms with van der Waals surface area (Å²) in [6, 6.07) is 8.45. The minimum absolute atomic E-state index is 0.396. The summed E-state index contributed by atoms with van der Waals surface area (Å²) in [5, 5.41) is 28.2. The van der Waals surface area contributed by atoms with Crippen LogP contribution in [0.4, 0.5) is 4.79 Å². The van der Waals surface area contributed by atoms with E-state index in [9.17, 15) is 15.0 Å². The summed E-state index contributed by atoms with van der Waals surface area (Å²) in [5.41, 5.74) is 0.828. The normalized spacial score (nSPS) is 14.1. The minimum atomic E-state index is -1.05. The maximum Gasteiger partial charge on any atom is 0.408 e. The topological polar surface area (TPSA) is 84.6 Å². The summed E-state index contributed by atoms with van der Waals surface area (Å²) in [6.45, 7) is 7.00. The van der Waals surface area contributed by atoms with Crippen molar-refractivity contribution in [3.8, 4) is 6.07 Å². The van der Waals surface area contributed by atoms with E-state index >= 15 is 0 Å².